The van der Waals surface area contributed by atoms with Gasteiger partial charge in [0.2, 0.25) is 0 Å². The van der Waals surface area contributed by atoms with E-state index in [1.807, 2.05) is 0 Å². The van der Waals surface area contributed by atoms with E-state index in [1.54, 1.807) is 12.1 Å². The highest BCUT2D eigenvalue weighted by atomic mass is 16.4. The first-order valence-corrected chi connectivity index (χ1v) is 7.38. The topological polar surface area (TPSA) is 161 Å². The first-order valence-electron chi connectivity index (χ1n) is 7.38. The van der Waals surface area contributed by atoms with Crippen molar-refractivity contribution in [2.45, 2.75) is 12.5 Å². The second-order valence-electron chi connectivity index (χ2n) is 5.24. The lowest BCUT2D eigenvalue weighted by atomic mass is 10.1. The maximum absolute atomic E-state index is 10.4. The summed E-state index contributed by atoms with van der Waals surface area (Å²) in [5.41, 5.74) is 6.64. The Balaban J connectivity index is 0.000000260. The summed E-state index contributed by atoms with van der Waals surface area (Å²) in [6.07, 6.45) is 2.54. The number of rotatable bonds is 5. The first kappa shape index (κ1) is 20.5. The molecule has 0 spiro atoms. The van der Waals surface area contributed by atoms with E-state index >= 15 is 0 Å². The molecule has 0 saturated heterocycles. The molecule has 26 heavy (non-hydrogen) atoms. The summed E-state index contributed by atoms with van der Waals surface area (Å²) in [7, 11) is 0. The van der Waals surface area contributed by atoms with Crippen molar-refractivity contribution in [1.29, 1.82) is 0 Å². The second-order valence-corrected chi connectivity index (χ2v) is 5.24. The molecule has 1 atom stereocenters. The van der Waals surface area contributed by atoms with E-state index < -0.39 is 18.0 Å². The van der Waals surface area contributed by atoms with Gasteiger partial charge >= 0.3 is 11.9 Å². The van der Waals surface area contributed by atoms with Crippen LogP contribution >= 0.6 is 0 Å². The maximum Gasteiger partial charge on any atom is 0.328 e. The molecule has 2 rings (SSSR count). The Morgan fingerprint density at radius 3 is 2.08 bits per heavy atom. The van der Waals surface area contributed by atoms with Crippen LogP contribution in [0, 0.1) is 0 Å². The number of aromatic hydroxyl groups is 3. The molecule has 1 unspecified atom stereocenters. The van der Waals surface area contributed by atoms with Crippen LogP contribution in [0.25, 0.3) is 6.08 Å². The predicted molar refractivity (Wildman–Crippen MR) is 93.9 cm³/mol. The number of hydrogen-bond acceptors (Lipinski definition) is 6. The highest BCUT2D eigenvalue weighted by Gasteiger charge is 2.11. The first-order chi connectivity index (χ1) is 12.2. The van der Waals surface area contributed by atoms with Gasteiger partial charge in [0.05, 0.1) is 0 Å². The normalized spacial score (nSPS) is 11.4. The van der Waals surface area contributed by atoms with Crippen LogP contribution in [0.15, 0.2) is 48.5 Å². The summed E-state index contributed by atoms with van der Waals surface area (Å²) in [4.78, 5) is 20.5. The molecule has 0 aliphatic rings. The Bertz CT molecular complexity index is 785. The fourth-order valence-electron chi connectivity index (χ4n) is 1.78. The standard InChI is InChI=1S/C9H11NO3.C9H8O4/c10-8(9(12)13)5-6-1-3-7(11)4-2-6;10-7-3-1-6(5-8(7)11)2-4-9(12)13/h1-4,8,11H,5,10H2,(H,12,13);1-5,10-11H,(H,12,13). The average Bonchev–Trinajstić information content (AvgIpc) is 2.58. The van der Waals surface area contributed by atoms with Gasteiger partial charge < -0.3 is 31.3 Å². The second kappa shape index (κ2) is 9.70. The van der Waals surface area contributed by atoms with Crippen molar-refractivity contribution in [2.24, 2.45) is 5.73 Å². The molecule has 0 fully saturated rings. The number of carboxylic acids is 2. The fraction of sp³-hybridized carbons (Fsp3) is 0.111. The van der Waals surface area contributed by atoms with Crippen LogP contribution in [-0.2, 0) is 16.0 Å². The van der Waals surface area contributed by atoms with E-state index in [0.717, 1.165) is 11.6 Å². The van der Waals surface area contributed by atoms with Gasteiger partial charge in [-0.3, -0.25) is 4.79 Å². The van der Waals surface area contributed by atoms with Crippen LogP contribution in [-0.4, -0.2) is 43.5 Å². The van der Waals surface area contributed by atoms with E-state index in [-0.39, 0.29) is 23.7 Å². The number of carbonyl (C=O) groups is 2. The summed E-state index contributed by atoms with van der Waals surface area (Å²) >= 11 is 0. The SMILES string of the molecule is NC(Cc1ccc(O)cc1)C(=O)O.O=C(O)C=Cc1ccc(O)c(O)c1. The lowest BCUT2D eigenvalue weighted by molar-refractivity contribution is -0.138. The van der Waals surface area contributed by atoms with Crippen LogP contribution in [0.1, 0.15) is 11.1 Å². The fourth-order valence-corrected chi connectivity index (χ4v) is 1.78. The largest absolute Gasteiger partial charge is 0.508 e. The third kappa shape index (κ3) is 7.37. The average molecular weight is 361 g/mol. The zero-order valence-electron chi connectivity index (χ0n) is 13.6. The third-order valence-corrected chi connectivity index (χ3v) is 3.13. The Hall–Kier alpha value is -3.52. The summed E-state index contributed by atoms with van der Waals surface area (Å²) in [5.74, 6) is -2.42. The number of hydrogen-bond donors (Lipinski definition) is 6. The van der Waals surface area contributed by atoms with Gasteiger partial charge in [0.1, 0.15) is 11.8 Å². The van der Waals surface area contributed by atoms with Crippen LogP contribution in [0.5, 0.6) is 17.2 Å². The molecular formula is C18H19NO7. The molecular weight excluding hydrogens is 342 g/mol. The Morgan fingerprint density at radius 1 is 0.962 bits per heavy atom. The molecule has 138 valence electrons. The number of carboxylic acid groups (broad SMARTS) is 2. The van der Waals surface area contributed by atoms with Gasteiger partial charge in [0.15, 0.2) is 11.5 Å². The molecule has 0 bridgehead atoms. The lowest BCUT2D eigenvalue weighted by Crippen LogP contribution is -2.32. The van der Waals surface area contributed by atoms with Gasteiger partial charge in [0.25, 0.3) is 0 Å². The summed E-state index contributed by atoms with van der Waals surface area (Å²) in [6, 6.07) is 9.48. The maximum atomic E-state index is 10.4. The number of benzene rings is 2. The molecule has 8 nitrogen and oxygen atoms in total. The Labute approximate surface area is 149 Å². The number of phenols is 3. The Kier molecular flexibility index (Phi) is 7.66. The van der Waals surface area contributed by atoms with Gasteiger partial charge in [-0.1, -0.05) is 18.2 Å². The van der Waals surface area contributed by atoms with Crippen molar-refractivity contribution < 1.29 is 35.1 Å². The zero-order valence-corrected chi connectivity index (χ0v) is 13.6. The van der Waals surface area contributed by atoms with Crippen LogP contribution in [0.2, 0.25) is 0 Å². The van der Waals surface area contributed by atoms with Crippen molar-refractivity contribution >= 4 is 18.0 Å². The summed E-state index contributed by atoms with van der Waals surface area (Å²) < 4.78 is 0. The molecule has 0 aliphatic carbocycles. The molecule has 0 heterocycles. The molecule has 8 heteroatoms. The zero-order chi connectivity index (χ0) is 19.7. The summed E-state index contributed by atoms with van der Waals surface area (Å²) in [5, 5.41) is 43.7. The quantitative estimate of drug-likeness (QED) is 0.345. The lowest BCUT2D eigenvalue weighted by Gasteiger charge is -2.05. The van der Waals surface area contributed by atoms with E-state index in [2.05, 4.69) is 0 Å². The predicted octanol–water partition coefficient (Wildman–Crippen LogP) is 1.54. The van der Waals surface area contributed by atoms with Crippen molar-refractivity contribution in [3.63, 3.8) is 0 Å². The third-order valence-electron chi connectivity index (χ3n) is 3.13. The van der Waals surface area contributed by atoms with Crippen molar-refractivity contribution in [3.8, 4) is 17.2 Å². The molecule has 0 amide bonds. The van der Waals surface area contributed by atoms with Gasteiger partial charge in [0, 0.05) is 6.08 Å². The molecule has 0 radical (unpaired) electrons. The molecule has 7 N–H and O–H groups in total. The highest BCUT2D eigenvalue weighted by molar-refractivity contribution is 5.85. The van der Waals surface area contributed by atoms with Crippen LogP contribution in [0.3, 0.4) is 0 Å². The van der Waals surface area contributed by atoms with E-state index in [9.17, 15) is 9.59 Å². The molecule has 2 aromatic rings. The van der Waals surface area contributed by atoms with E-state index in [0.29, 0.717) is 5.56 Å². The van der Waals surface area contributed by atoms with E-state index in [4.69, 9.17) is 31.3 Å². The van der Waals surface area contributed by atoms with Gasteiger partial charge in [-0.05, 0) is 47.9 Å². The molecule has 0 aromatic heterocycles. The van der Waals surface area contributed by atoms with Gasteiger partial charge in [-0.15, -0.1) is 0 Å². The summed E-state index contributed by atoms with van der Waals surface area (Å²) in [6.45, 7) is 0. The van der Waals surface area contributed by atoms with Crippen molar-refractivity contribution in [3.05, 3.63) is 59.7 Å². The van der Waals surface area contributed by atoms with Crippen LogP contribution in [0.4, 0.5) is 0 Å². The minimum absolute atomic E-state index is 0.160. The number of phenolic OH excluding ortho intramolecular Hbond substituents is 3. The van der Waals surface area contributed by atoms with Crippen LogP contribution < -0.4 is 5.73 Å². The molecule has 0 aliphatic heterocycles. The molecule has 2 aromatic carbocycles. The van der Waals surface area contributed by atoms with Crippen molar-refractivity contribution in [2.75, 3.05) is 0 Å². The van der Waals surface area contributed by atoms with Crippen molar-refractivity contribution in [1.82, 2.24) is 0 Å². The highest BCUT2D eigenvalue weighted by Crippen LogP contribution is 2.25. The van der Waals surface area contributed by atoms with Gasteiger partial charge in [-0.2, -0.15) is 0 Å². The smallest absolute Gasteiger partial charge is 0.328 e. The monoisotopic (exact) mass is 361 g/mol. The van der Waals surface area contributed by atoms with E-state index in [1.165, 1.54) is 36.4 Å². The van der Waals surface area contributed by atoms with Gasteiger partial charge in [-0.25, -0.2) is 4.79 Å². The minimum atomic E-state index is -1.06. The number of aliphatic carboxylic acids is 2. The minimum Gasteiger partial charge on any atom is -0.508 e. The Morgan fingerprint density at radius 2 is 1.58 bits per heavy atom. The molecule has 0 saturated carbocycles. The number of nitrogens with two attached hydrogens (primary N) is 1.